The van der Waals surface area contributed by atoms with E-state index >= 15 is 0 Å². The molecule has 0 unspecified atom stereocenters. The van der Waals surface area contributed by atoms with E-state index in [1.165, 1.54) is 17.7 Å². The van der Waals surface area contributed by atoms with E-state index in [9.17, 15) is 13.2 Å². The second-order valence-corrected chi connectivity index (χ2v) is 7.27. The quantitative estimate of drug-likeness (QED) is 0.853. The normalized spacial score (nSPS) is 11.0. The van der Waals surface area contributed by atoms with Gasteiger partial charge >= 0.3 is 0 Å². The first-order valence-electron chi connectivity index (χ1n) is 7.31. The lowest BCUT2D eigenvalue weighted by molar-refractivity contribution is -0.114. The summed E-state index contributed by atoms with van der Waals surface area (Å²) in [5, 5.41) is 5.71. The molecule has 2 N–H and O–H groups in total. The van der Waals surface area contributed by atoms with E-state index in [-0.39, 0.29) is 17.3 Å². The molecule has 0 fully saturated rings. The molecule has 122 valence electrons. The highest BCUT2D eigenvalue weighted by Crippen LogP contribution is 2.15. The topological polar surface area (TPSA) is 75.3 Å². The molecule has 0 aromatic heterocycles. The predicted molar refractivity (Wildman–Crippen MR) is 92.5 cm³/mol. The van der Waals surface area contributed by atoms with Gasteiger partial charge in [-0.2, -0.15) is 0 Å². The molecule has 0 atom stereocenters. The highest BCUT2D eigenvalue weighted by atomic mass is 32.2. The second-order valence-electron chi connectivity index (χ2n) is 5.25. The van der Waals surface area contributed by atoms with Crippen molar-refractivity contribution in [3.05, 3.63) is 54.1 Å². The zero-order valence-corrected chi connectivity index (χ0v) is 14.0. The van der Waals surface area contributed by atoms with Crippen molar-refractivity contribution < 1.29 is 13.2 Å². The van der Waals surface area contributed by atoms with Crippen LogP contribution in [0.25, 0.3) is 0 Å². The smallest absolute Gasteiger partial charge is 0.243 e. The van der Waals surface area contributed by atoms with Crippen molar-refractivity contribution in [2.24, 2.45) is 0 Å². The standard InChI is InChI=1S/C17H20N2O3S/c1-3-13-7-9-14(10-8-13)19-17(20)12-18-15-5-4-6-16(11-15)23(2,21)22/h4-11,18H,3,12H2,1-2H3,(H,19,20). The summed E-state index contributed by atoms with van der Waals surface area (Å²) < 4.78 is 23.0. The molecular formula is C17H20N2O3S. The summed E-state index contributed by atoms with van der Waals surface area (Å²) in [6, 6.07) is 14.1. The molecule has 0 saturated carbocycles. The number of hydrogen-bond donors (Lipinski definition) is 2. The number of hydrogen-bond acceptors (Lipinski definition) is 4. The predicted octanol–water partition coefficient (Wildman–Crippen LogP) is 2.70. The molecule has 6 heteroatoms. The molecule has 0 aliphatic heterocycles. The molecule has 2 rings (SSSR count). The number of aryl methyl sites for hydroxylation is 1. The van der Waals surface area contributed by atoms with E-state index in [0.29, 0.717) is 5.69 Å². The highest BCUT2D eigenvalue weighted by molar-refractivity contribution is 7.90. The Morgan fingerprint density at radius 2 is 1.74 bits per heavy atom. The van der Waals surface area contributed by atoms with Crippen LogP contribution in [-0.2, 0) is 21.1 Å². The Labute approximate surface area is 136 Å². The van der Waals surface area contributed by atoms with Crippen LogP contribution in [0.1, 0.15) is 12.5 Å². The van der Waals surface area contributed by atoms with E-state index < -0.39 is 9.84 Å². The number of benzene rings is 2. The average Bonchev–Trinajstić information content (AvgIpc) is 2.53. The number of carbonyl (C=O) groups excluding carboxylic acids is 1. The van der Waals surface area contributed by atoms with Gasteiger partial charge in [-0.15, -0.1) is 0 Å². The number of anilines is 2. The second kappa shape index (κ2) is 7.28. The van der Waals surface area contributed by atoms with Crippen LogP contribution < -0.4 is 10.6 Å². The molecule has 0 saturated heterocycles. The van der Waals surface area contributed by atoms with Gasteiger partial charge in [-0.1, -0.05) is 25.1 Å². The van der Waals surface area contributed by atoms with Crippen LogP contribution in [0.2, 0.25) is 0 Å². The molecule has 2 aromatic carbocycles. The molecule has 0 aliphatic carbocycles. The average molecular weight is 332 g/mol. The minimum atomic E-state index is -3.26. The molecule has 0 heterocycles. The number of sulfone groups is 1. The Hall–Kier alpha value is -2.34. The zero-order chi connectivity index (χ0) is 16.9. The molecular weight excluding hydrogens is 312 g/mol. The molecule has 23 heavy (non-hydrogen) atoms. The molecule has 0 spiro atoms. The van der Waals surface area contributed by atoms with Crippen LogP contribution in [0.4, 0.5) is 11.4 Å². The first-order valence-corrected chi connectivity index (χ1v) is 9.20. The highest BCUT2D eigenvalue weighted by Gasteiger charge is 2.08. The third kappa shape index (κ3) is 5.10. The van der Waals surface area contributed by atoms with Gasteiger partial charge in [0.15, 0.2) is 9.84 Å². The van der Waals surface area contributed by atoms with Gasteiger partial charge in [0.25, 0.3) is 0 Å². The number of nitrogens with one attached hydrogen (secondary N) is 2. The van der Waals surface area contributed by atoms with Crippen molar-refractivity contribution in [3.63, 3.8) is 0 Å². The third-order valence-corrected chi connectivity index (χ3v) is 4.47. The lowest BCUT2D eigenvalue weighted by Gasteiger charge is -2.09. The zero-order valence-electron chi connectivity index (χ0n) is 13.2. The van der Waals surface area contributed by atoms with Gasteiger partial charge in [-0.05, 0) is 42.3 Å². The van der Waals surface area contributed by atoms with Gasteiger partial charge in [0.1, 0.15) is 0 Å². The van der Waals surface area contributed by atoms with Gasteiger partial charge in [0.2, 0.25) is 5.91 Å². The summed E-state index contributed by atoms with van der Waals surface area (Å²) in [5.74, 6) is -0.195. The molecule has 1 amide bonds. The van der Waals surface area contributed by atoms with E-state index in [1.54, 1.807) is 12.1 Å². The Morgan fingerprint density at radius 3 is 2.35 bits per heavy atom. The van der Waals surface area contributed by atoms with Crippen LogP contribution in [-0.4, -0.2) is 27.1 Å². The number of carbonyl (C=O) groups is 1. The summed E-state index contributed by atoms with van der Waals surface area (Å²) in [4.78, 5) is 12.2. The monoisotopic (exact) mass is 332 g/mol. The maximum atomic E-state index is 11.9. The first kappa shape index (κ1) is 17.0. The van der Waals surface area contributed by atoms with Gasteiger partial charge in [0, 0.05) is 17.6 Å². The Morgan fingerprint density at radius 1 is 1.04 bits per heavy atom. The largest absolute Gasteiger partial charge is 0.376 e. The van der Waals surface area contributed by atoms with Crippen molar-refractivity contribution in [2.75, 3.05) is 23.4 Å². The molecule has 0 aliphatic rings. The fraction of sp³-hybridized carbons (Fsp3) is 0.235. The SMILES string of the molecule is CCc1ccc(NC(=O)CNc2cccc(S(C)(=O)=O)c2)cc1. The van der Waals surface area contributed by atoms with Crippen molar-refractivity contribution in [3.8, 4) is 0 Å². The van der Waals surface area contributed by atoms with Crippen LogP contribution in [0.5, 0.6) is 0 Å². The van der Waals surface area contributed by atoms with Gasteiger partial charge < -0.3 is 10.6 Å². The van der Waals surface area contributed by atoms with Crippen molar-refractivity contribution in [1.29, 1.82) is 0 Å². The van der Waals surface area contributed by atoms with Gasteiger partial charge in [0.05, 0.1) is 11.4 Å². The first-order chi connectivity index (χ1) is 10.9. The van der Waals surface area contributed by atoms with Crippen LogP contribution >= 0.6 is 0 Å². The summed E-state index contributed by atoms with van der Waals surface area (Å²) in [7, 11) is -3.26. The molecule has 5 nitrogen and oxygen atoms in total. The fourth-order valence-electron chi connectivity index (χ4n) is 2.05. The van der Waals surface area contributed by atoms with E-state index in [2.05, 4.69) is 17.6 Å². The van der Waals surface area contributed by atoms with Gasteiger partial charge in [-0.25, -0.2) is 8.42 Å². The van der Waals surface area contributed by atoms with E-state index in [4.69, 9.17) is 0 Å². The fourth-order valence-corrected chi connectivity index (χ4v) is 2.71. The third-order valence-electron chi connectivity index (χ3n) is 3.36. The molecule has 0 radical (unpaired) electrons. The maximum Gasteiger partial charge on any atom is 0.243 e. The summed E-state index contributed by atoms with van der Waals surface area (Å²) >= 11 is 0. The lowest BCUT2D eigenvalue weighted by Crippen LogP contribution is -2.21. The van der Waals surface area contributed by atoms with Crippen LogP contribution in [0.3, 0.4) is 0 Å². The molecule has 0 bridgehead atoms. The maximum absolute atomic E-state index is 11.9. The van der Waals surface area contributed by atoms with Gasteiger partial charge in [-0.3, -0.25) is 4.79 Å². The lowest BCUT2D eigenvalue weighted by atomic mass is 10.1. The Bertz CT molecular complexity index is 784. The minimum Gasteiger partial charge on any atom is -0.376 e. The summed E-state index contributed by atoms with van der Waals surface area (Å²) in [6.07, 6.45) is 2.10. The van der Waals surface area contributed by atoms with Crippen LogP contribution in [0.15, 0.2) is 53.4 Å². The number of amides is 1. The van der Waals surface area contributed by atoms with Crippen LogP contribution in [0, 0.1) is 0 Å². The molecule has 2 aromatic rings. The van der Waals surface area contributed by atoms with Crippen molar-refractivity contribution in [2.45, 2.75) is 18.2 Å². The summed E-state index contributed by atoms with van der Waals surface area (Å²) in [5.41, 5.74) is 2.53. The number of rotatable bonds is 6. The van der Waals surface area contributed by atoms with Crippen molar-refractivity contribution >= 4 is 27.1 Å². The van der Waals surface area contributed by atoms with E-state index in [1.807, 2.05) is 24.3 Å². The van der Waals surface area contributed by atoms with Crippen molar-refractivity contribution in [1.82, 2.24) is 0 Å². The summed E-state index contributed by atoms with van der Waals surface area (Å²) in [6.45, 7) is 2.13. The van der Waals surface area contributed by atoms with E-state index in [0.717, 1.165) is 18.4 Å². The Balaban J connectivity index is 1.93. The Kier molecular flexibility index (Phi) is 5.39. The minimum absolute atomic E-state index is 0.0583.